The van der Waals surface area contributed by atoms with Crippen molar-refractivity contribution in [1.82, 2.24) is 15.3 Å². The van der Waals surface area contributed by atoms with E-state index in [1.165, 1.54) is 0 Å². The molecule has 1 saturated heterocycles. The fraction of sp³-hybridized carbons (Fsp3) is 0.722. The molecule has 0 aromatic carbocycles. The van der Waals surface area contributed by atoms with E-state index in [-0.39, 0.29) is 30.4 Å². The van der Waals surface area contributed by atoms with E-state index in [0.29, 0.717) is 0 Å². The normalized spacial score (nSPS) is 18.3. The number of amides is 1. The average Bonchev–Trinajstić information content (AvgIpc) is 2.58. The van der Waals surface area contributed by atoms with Crippen molar-refractivity contribution in [3.63, 3.8) is 0 Å². The number of aryl methyl sites for hydroxylation is 2. The second-order valence-electron chi connectivity index (χ2n) is 6.90. The minimum Gasteiger partial charge on any atom is -0.394 e. The zero-order valence-electron chi connectivity index (χ0n) is 15.2. The van der Waals surface area contributed by atoms with E-state index in [0.717, 1.165) is 49.7 Å². The smallest absolute Gasteiger partial charge is 0.225 e. The molecule has 0 radical (unpaired) electrons. The summed E-state index contributed by atoms with van der Waals surface area (Å²) < 4.78 is 0. The highest BCUT2D eigenvalue weighted by atomic mass is 16.3. The van der Waals surface area contributed by atoms with Crippen LogP contribution in [0.25, 0.3) is 0 Å². The van der Waals surface area contributed by atoms with Gasteiger partial charge < -0.3 is 15.3 Å². The van der Waals surface area contributed by atoms with E-state index in [2.05, 4.69) is 34.0 Å². The highest BCUT2D eigenvalue weighted by Crippen LogP contribution is 2.22. The van der Waals surface area contributed by atoms with Gasteiger partial charge in [-0.15, -0.1) is 0 Å². The van der Waals surface area contributed by atoms with E-state index >= 15 is 0 Å². The molecule has 2 N–H and O–H groups in total. The van der Waals surface area contributed by atoms with Gasteiger partial charge in [0, 0.05) is 30.4 Å². The van der Waals surface area contributed by atoms with Crippen LogP contribution in [0, 0.1) is 25.7 Å². The van der Waals surface area contributed by atoms with Gasteiger partial charge in [0.25, 0.3) is 0 Å². The lowest BCUT2D eigenvalue weighted by molar-refractivity contribution is -0.127. The first-order chi connectivity index (χ1) is 11.4. The summed E-state index contributed by atoms with van der Waals surface area (Å²) in [5.41, 5.74) is 1.94. The Labute approximate surface area is 144 Å². The molecule has 1 aromatic rings. The molecule has 1 aliphatic rings. The Hall–Kier alpha value is -1.69. The minimum absolute atomic E-state index is 0.00397. The van der Waals surface area contributed by atoms with Crippen molar-refractivity contribution in [1.29, 1.82) is 0 Å². The van der Waals surface area contributed by atoms with Crippen molar-refractivity contribution in [2.24, 2.45) is 11.8 Å². The Kier molecular flexibility index (Phi) is 6.54. The first-order valence-corrected chi connectivity index (χ1v) is 8.93. The molecule has 1 fully saturated rings. The summed E-state index contributed by atoms with van der Waals surface area (Å²) in [6, 6.07) is 1.82. The highest BCUT2D eigenvalue weighted by molar-refractivity contribution is 5.79. The largest absolute Gasteiger partial charge is 0.394 e. The molecule has 0 bridgehead atoms. The van der Waals surface area contributed by atoms with Crippen molar-refractivity contribution in [2.45, 2.75) is 53.0 Å². The van der Waals surface area contributed by atoms with Crippen LogP contribution in [0.4, 0.5) is 5.95 Å². The molecule has 24 heavy (non-hydrogen) atoms. The van der Waals surface area contributed by atoms with Crippen LogP contribution in [0.15, 0.2) is 6.07 Å². The number of nitrogens with zero attached hydrogens (tertiary/aromatic N) is 3. The number of nitrogens with one attached hydrogen (secondary N) is 1. The van der Waals surface area contributed by atoms with Gasteiger partial charge in [0.1, 0.15) is 0 Å². The number of rotatable bonds is 6. The number of hydrogen-bond acceptors (Lipinski definition) is 5. The van der Waals surface area contributed by atoms with Gasteiger partial charge in [-0.05, 0) is 38.7 Å². The summed E-state index contributed by atoms with van der Waals surface area (Å²) in [4.78, 5) is 23.6. The summed E-state index contributed by atoms with van der Waals surface area (Å²) in [6.45, 7) is 9.64. The molecule has 0 saturated carbocycles. The molecular weight excluding hydrogens is 304 g/mol. The Morgan fingerprint density at radius 1 is 1.33 bits per heavy atom. The quantitative estimate of drug-likeness (QED) is 0.830. The summed E-state index contributed by atoms with van der Waals surface area (Å²) in [7, 11) is 0. The van der Waals surface area contributed by atoms with Crippen LogP contribution in [-0.4, -0.2) is 46.7 Å². The summed E-state index contributed by atoms with van der Waals surface area (Å²) >= 11 is 0. The maximum atomic E-state index is 12.5. The number of aromatic nitrogens is 2. The van der Waals surface area contributed by atoms with Gasteiger partial charge >= 0.3 is 0 Å². The molecule has 2 unspecified atom stereocenters. The number of anilines is 1. The maximum absolute atomic E-state index is 12.5. The van der Waals surface area contributed by atoms with Gasteiger partial charge in [-0.25, -0.2) is 9.97 Å². The third-order valence-corrected chi connectivity index (χ3v) is 4.97. The first kappa shape index (κ1) is 18.6. The van der Waals surface area contributed by atoms with Gasteiger partial charge in [-0.2, -0.15) is 0 Å². The van der Waals surface area contributed by atoms with Gasteiger partial charge in [0.15, 0.2) is 0 Å². The zero-order valence-corrected chi connectivity index (χ0v) is 15.2. The molecule has 0 aliphatic carbocycles. The Bertz CT molecular complexity index is 536. The maximum Gasteiger partial charge on any atom is 0.225 e. The molecule has 2 atom stereocenters. The Balaban J connectivity index is 1.91. The second-order valence-corrected chi connectivity index (χ2v) is 6.90. The van der Waals surface area contributed by atoms with Crippen LogP contribution in [0.2, 0.25) is 0 Å². The zero-order chi connectivity index (χ0) is 17.7. The third kappa shape index (κ3) is 4.66. The topological polar surface area (TPSA) is 78.4 Å². The molecule has 134 valence electrons. The second kappa shape index (κ2) is 8.42. The number of piperidine rings is 1. The molecule has 6 heteroatoms. The van der Waals surface area contributed by atoms with Crippen molar-refractivity contribution >= 4 is 11.9 Å². The molecule has 1 aromatic heterocycles. The van der Waals surface area contributed by atoms with E-state index in [1.54, 1.807) is 0 Å². The monoisotopic (exact) mass is 334 g/mol. The van der Waals surface area contributed by atoms with Gasteiger partial charge in [-0.1, -0.05) is 20.3 Å². The molecule has 1 amide bonds. The predicted molar refractivity (Wildman–Crippen MR) is 94.9 cm³/mol. The highest BCUT2D eigenvalue weighted by Gasteiger charge is 2.28. The predicted octanol–water partition coefficient (Wildman–Crippen LogP) is 1.83. The minimum atomic E-state index is -0.150. The molecule has 2 heterocycles. The fourth-order valence-corrected chi connectivity index (χ4v) is 3.14. The number of carbonyl (C=O) groups is 1. The number of aliphatic hydroxyl groups excluding tert-OH is 1. The van der Waals surface area contributed by atoms with Crippen molar-refractivity contribution in [3.8, 4) is 0 Å². The molecule has 6 nitrogen and oxygen atoms in total. The van der Waals surface area contributed by atoms with E-state index in [1.807, 2.05) is 19.9 Å². The van der Waals surface area contributed by atoms with Gasteiger partial charge in [0.2, 0.25) is 11.9 Å². The Morgan fingerprint density at radius 3 is 2.42 bits per heavy atom. The van der Waals surface area contributed by atoms with Crippen molar-refractivity contribution < 1.29 is 9.90 Å². The van der Waals surface area contributed by atoms with E-state index in [4.69, 9.17) is 0 Å². The molecule has 1 aliphatic heterocycles. The van der Waals surface area contributed by atoms with Crippen LogP contribution in [0.1, 0.15) is 44.5 Å². The molecule has 0 spiro atoms. The first-order valence-electron chi connectivity index (χ1n) is 8.93. The third-order valence-electron chi connectivity index (χ3n) is 4.97. The average molecular weight is 334 g/mol. The van der Waals surface area contributed by atoms with Crippen LogP contribution in [0.5, 0.6) is 0 Å². The molecule has 2 rings (SSSR count). The van der Waals surface area contributed by atoms with E-state index < -0.39 is 0 Å². The van der Waals surface area contributed by atoms with Crippen LogP contribution >= 0.6 is 0 Å². The number of hydrogen-bond donors (Lipinski definition) is 2. The SMILES string of the molecule is CCC(C)C(CO)NC(=O)C1CCN(c2nc(C)cc(C)n2)CC1. The standard InChI is InChI=1S/C18H30N4O2/c1-5-12(2)16(11-23)21-17(24)15-6-8-22(9-7-15)18-19-13(3)10-14(4)20-18/h10,12,15-16,23H,5-9,11H2,1-4H3,(H,21,24). The van der Waals surface area contributed by atoms with Crippen LogP contribution in [0.3, 0.4) is 0 Å². The Morgan fingerprint density at radius 2 is 1.92 bits per heavy atom. The van der Waals surface area contributed by atoms with Gasteiger partial charge in [0.05, 0.1) is 12.6 Å². The van der Waals surface area contributed by atoms with Crippen molar-refractivity contribution in [3.05, 3.63) is 17.5 Å². The van der Waals surface area contributed by atoms with Crippen LogP contribution in [-0.2, 0) is 4.79 Å². The molecular formula is C18H30N4O2. The van der Waals surface area contributed by atoms with Crippen LogP contribution < -0.4 is 10.2 Å². The van der Waals surface area contributed by atoms with Crippen molar-refractivity contribution in [2.75, 3.05) is 24.6 Å². The summed E-state index contributed by atoms with van der Waals surface area (Å²) in [5.74, 6) is 1.11. The summed E-state index contributed by atoms with van der Waals surface area (Å²) in [6.07, 6.45) is 2.52. The summed E-state index contributed by atoms with van der Waals surface area (Å²) in [5, 5.41) is 12.5. The number of carbonyl (C=O) groups excluding carboxylic acids is 1. The van der Waals surface area contributed by atoms with E-state index in [9.17, 15) is 9.90 Å². The lowest BCUT2D eigenvalue weighted by atomic mass is 9.94. The number of aliphatic hydroxyl groups is 1. The van der Waals surface area contributed by atoms with Gasteiger partial charge in [-0.3, -0.25) is 4.79 Å². The lowest BCUT2D eigenvalue weighted by Gasteiger charge is -2.33. The lowest BCUT2D eigenvalue weighted by Crippen LogP contribution is -2.47. The fourth-order valence-electron chi connectivity index (χ4n) is 3.14.